The predicted molar refractivity (Wildman–Crippen MR) is 105 cm³/mol. The molecule has 1 aromatic carbocycles. The quantitative estimate of drug-likeness (QED) is 0.809. The summed E-state index contributed by atoms with van der Waals surface area (Å²) in [6.45, 7) is 6.21. The van der Waals surface area contributed by atoms with Crippen molar-refractivity contribution in [2.75, 3.05) is 32.8 Å². The number of rotatable bonds is 5. The Labute approximate surface area is 162 Å². The van der Waals surface area contributed by atoms with E-state index < -0.39 is 0 Å². The van der Waals surface area contributed by atoms with Gasteiger partial charge in [-0.3, -0.25) is 9.69 Å². The monoisotopic (exact) mass is 389 g/mol. The first-order chi connectivity index (χ1) is 11.3. The van der Waals surface area contributed by atoms with Crippen molar-refractivity contribution in [3.05, 3.63) is 35.4 Å². The number of hydrogen-bond donors (Lipinski definition) is 2. The van der Waals surface area contributed by atoms with Gasteiger partial charge in [0.15, 0.2) is 0 Å². The SMILES string of the molecule is Cl.Cl.O=C(NCc1ccc(CN2CCOCC2)cc1)[C@H]1CCCCN1. The van der Waals surface area contributed by atoms with Crippen molar-refractivity contribution >= 4 is 30.7 Å². The normalized spacial score (nSPS) is 20.9. The number of carbonyl (C=O) groups excluding carboxylic acids is 1. The van der Waals surface area contributed by atoms with E-state index in [9.17, 15) is 4.79 Å². The Balaban J connectivity index is 0.00000156. The minimum Gasteiger partial charge on any atom is -0.379 e. The molecule has 1 atom stereocenters. The lowest BCUT2D eigenvalue weighted by molar-refractivity contribution is -0.123. The van der Waals surface area contributed by atoms with Gasteiger partial charge < -0.3 is 15.4 Å². The van der Waals surface area contributed by atoms with Crippen LogP contribution in [0.4, 0.5) is 0 Å². The molecular weight excluding hydrogens is 361 g/mol. The van der Waals surface area contributed by atoms with Gasteiger partial charge in [0.1, 0.15) is 0 Å². The standard InChI is InChI=1S/C18H27N3O2.2ClH/c22-18(17-3-1-2-8-19-17)20-13-15-4-6-16(7-5-15)14-21-9-11-23-12-10-21;;/h4-7,17,19H,1-3,8-14H2,(H,20,22);2*1H/t17-;;/m1../s1. The molecular formula is C18H29Cl2N3O2. The predicted octanol–water partition coefficient (Wildman–Crippen LogP) is 2.12. The van der Waals surface area contributed by atoms with Crippen LogP contribution >= 0.6 is 24.8 Å². The van der Waals surface area contributed by atoms with Gasteiger partial charge in [0.25, 0.3) is 0 Å². The summed E-state index contributed by atoms with van der Waals surface area (Å²) in [6, 6.07) is 8.55. The molecule has 2 aliphatic rings. The minimum atomic E-state index is -0.00987. The van der Waals surface area contributed by atoms with Crippen molar-refractivity contribution in [2.24, 2.45) is 0 Å². The number of benzene rings is 1. The molecule has 0 aliphatic carbocycles. The van der Waals surface area contributed by atoms with E-state index in [4.69, 9.17) is 4.74 Å². The number of ether oxygens (including phenoxy) is 1. The van der Waals surface area contributed by atoms with Crippen molar-refractivity contribution in [1.29, 1.82) is 0 Å². The summed E-state index contributed by atoms with van der Waals surface area (Å²) in [4.78, 5) is 14.5. The van der Waals surface area contributed by atoms with E-state index in [2.05, 4.69) is 39.8 Å². The summed E-state index contributed by atoms with van der Waals surface area (Å²) < 4.78 is 5.37. The van der Waals surface area contributed by atoms with Gasteiger partial charge in [-0.2, -0.15) is 0 Å². The Morgan fingerprint density at radius 2 is 1.80 bits per heavy atom. The van der Waals surface area contributed by atoms with Gasteiger partial charge in [-0.05, 0) is 30.5 Å². The minimum absolute atomic E-state index is 0. The van der Waals surface area contributed by atoms with Crippen LogP contribution < -0.4 is 10.6 Å². The maximum absolute atomic E-state index is 12.1. The van der Waals surface area contributed by atoms with E-state index in [1.165, 1.54) is 12.0 Å². The zero-order chi connectivity index (χ0) is 15.9. The van der Waals surface area contributed by atoms with Gasteiger partial charge in [0.2, 0.25) is 5.91 Å². The molecule has 2 N–H and O–H groups in total. The number of halogens is 2. The summed E-state index contributed by atoms with van der Waals surface area (Å²) in [5.74, 6) is 0.127. The Kier molecular flexibility index (Phi) is 10.4. The van der Waals surface area contributed by atoms with Crippen molar-refractivity contribution in [1.82, 2.24) is 15.5 Å². The second-order valence-electron chi connectivity index (χ2n) is 6.43. The van der Waals surface area contributed by atoms with E-state index >= 15 is 0 Å². The average Bonchev–Trinajstić information content (AvgIpc) is 2.62. The summed E-state index contributed by atoms with van der Waals surface area (Å²) in [5, 5.41) is 6.32. The number of nitrogens with zero attached hydrogens (tertiary/aromatic N) is 1. The van der Waals surface area contributed by atoms with Gasteiger partial charge >= 0.3 is 0 Å². The van der Waals surface area contributed by atoms with Gasteiger partial charge in [-0.15, -0.1) is 24.8 Å². The number of piperidine rings is 1. The van der Waals surface area contributed by atoms with Gasteiger partial charge in [-0.1, -0.05) is 30.7 Å². The first-order valence-electron chi connectivity index (χ1n) is 8.70. The smallest absolute Gasteiger partial charge is 0.237 e. The molecule has 1 aromatic rings. The van der Waals surface area contributed by atoms with Crippen LogP contribution in [0.2, 0.25) is 0 Å². The Morgan fingerprint density at radius 1 is 1.12 bits per heavy atom. The lowest BCUT2D eigenvalue weighted by atomic mass is 10.0. The highest BCUT2D eigenvalue weighted by Gasteiger charge is 2.19. The van der Waals surface area contributed by atoms with Crippen LogP contribution in [-0.2, 0) is 22.6 Å². The van der Waals surface area contributed by atoms with Crippen LogP contribution in [0, 0.1) is 0 Å². The summed E-state index contributed by atoms with van der Waals surface area (Å²) >= 11 is 0. The van der Waals surface area contributed by atoms with Crippen molar-refractivity contribution in [3.63, 3.8) is 0 Å². The molecule has 2 aliphatic heterocycles. The summed E-state index contributed by atoms with van der Waals surface area (Å²) in [7, 11) is 0. The topological polar surface area (TPSA) is 53.6 Å². The number of carbonyl (C=O) groups is 1. The molecule has 25 heavy (non-hydrogen) atoms. The fourth-order valence-electron chi connectivity index (χ4n) is 3.17. The second kappa shape index (κ2) is 11.7. The second-order valence-corrected chi connectivity index (χ2v) is 6.43. The van der Waals surface area contributed by atoms with Crippen LogP contribution in [0.15, 0.2) is 24.3 Å². The van der Waals surface area contributed by atoms with Crippen molar-refractivity contribution < 1.29 is 9.53 Å². The highest BCUT2D eigenvalue weighted by atomic mass is 35.5. The first kappa shape index (κ1) is 22.2. The van der Waals surface area contributed by atoms with Crippen LogP contribution in [0.5, 0.6) is 0 Å². The van der Waals surface area contributed by atoms with Crippen molar-refractivity contribution in [2.45, 2.75) is 38.4 Å². The Morgan fingerprint density at radius 3 is 2.44 bits per heavy atom. The van der Waals surface area contributed by atoms with Crippen molar-refractivity contribution in [3.8, 4) is 0 Å². The van der Waals surface area contributed by atoms with E-state index in [0.717, 1.165) is 57.8 Å². The molecule has 3 rings (SSSR count). The number of morpholine rings is 1. The highest BCUT2D eigenvalue weighted by Crippen LogP contribution is 2.10. The molecule has 1 amide bonds. The zero-order valence-corrected chi connectivity index (χ0v) is 16.2. The molecule has 0 bridgehead atoms. The fraction of sp³-hybridized carbons (Fsp3) is 0.611. The van der Waals surface area contributed by atoms with Crippen LogP contribution in [0.1, 0.15) is 30.4 Å². The maximum atomic E-state index is 12.1. The first-order valence-corrected chi connectivity index (χ1v) is 8.70. The molecule has 2 heterocycles. The third kappa shape index (κ3) is 7.12. The zero-order valence-electron chi connectivity index (χ0n) is 14.5. The third-order valence-corrected chi connectivity index (χ3v) is 4.63. The van der Waals surface area contributed by atoms with Gasteiger partial charge in [0.05, 0.1) is 19.3 Å². The van der Waals surface area contributed by atoms with Crippen LogP contribution in [-0.4, -0.2) is 49.7 Å². The molecule has 0 saturated carbocycles. The van der Waals surface area contributed by atoms with E-state index in [1.54, 1.807) is 0 Å². The molecule has 2 fully saturated rings. The fourth-order valence-corrected chi connectivity index (χ4v) is 3.17. The Hall–Kier alpha value is -0.850. The lowest BCUT2D eigenvalue weighted by Gasteiger charge is -2.26. The van der Waals surface area contributed by atoms with Crippen LogP contribution in [0.25, 0.3) is 0 Å². The molecule has 7 heteroatoms. The largest absolute Gasteiger partial charge is 0.379 e. The maximum Gasteiger partial charge on any atom is 0.237 e. The molecule has 142 valence electrons. The molecule has 2 saturated heterocycles. The molecule has 0 radical (unpaired) electrons. The lowest BCUT2D eigenvalue weighted by Crippen LogP contribution is -2.46. The van der Waals surface area contributed by atoms with E-state index in [-0.39, 0.29) is 36.8 Å². The van der Waals surface area contributed by atoms with Gasteiger partial charge in [0, 0.05) is 26.2 Å². The van der Waals surface area contributed by atoms with Gasteiger partial charge in [-0.25, -0.2) is 0 Å². The van der Waals surface area contributed by atoms with Crippen LogP contribution in [0.3, 0.4) is 0 Å². The molecule has 0 spiro atoms. The average molecular weight is 390 g/mol. The van der Waals surface area contributed by atoms with E-state index in [1.807, 2.05) is 0 Å². The number of hydrogen-bond acceptors (Lipinski definition) is 4. The molecule has 5 nitrogen and oxygen atoms in total. The number of nitrogens with one attached hydrogen (secondary N) is 2. The summed E-state index contributed by atoms with van der Waals surface area (Å²) in [5.41, 5.74) is 2.47. The number of amides is 1. The third-order valence-electron chi connectivity index (χ3n) is 4.63. The Bertz CT molecular complexity index is 502. The molecule has 0 unspecified atom stereocenters. The van der Waals surface area contributed by atoms with E-state index in [0.29, 0.717) is 6.54 Å². The highest BCUT2D eigenvalue weighted by molar-refractivity contribution is 5.85. The molecule has 0 aromatic heterocycles. The summed E-state index contributed by atoms with van der Waals surface area (Å²) in [6.07, 6.45) is 3.26.